The van der Waals surface area contributed by atoms with Gasteiger partial charge < -0.3 is 19.1 Å². The van der Waals surface area contributed by atoms with Crippen LogP contribution in [0.5, 0.6) is 0 Å². The number of hydrogen-bond acceptors (Lipinski definition) is 6. The van der Waals surface area contributed by atoms with Crippen molar-refractivity contribution in [3.8, 4) is 0 Å². The third kappa shape index (κ3) is 6.34. The second-order valence-corrected chi connectivity index (χ2v) is 12.1. The molecule has 9 heteroatoms. The molecule has 2 aliphatic rings. The van der Waals surface area contributed by atoms with Crippen molar-refractivity contribution >= 4 is 28.2 Å². The zero-order valence-corrected chi connectivity index (χ0v) is 26.5. The molecule has 3 heterocycles. The molecule has 2 aliphatic carbocycles. The van der Waals surface area contributed by atoms with Crippen molar-refractivity contribution in [3.05, 3.63) is 114 Å². The Balaban J connectivity index is 0.000000159. The van der Waals surface area contributed by atoms with E-state index in [1.54, 1.807) is 18.5 Å². The van der Waals surface area contributed by atoms with Crippen molar-refractivity contribution < 1.29 is 9.59 Å². The summed E-state index contributed by atoms with van der Waals surface area (Å²) in [4.78, 5) is 33.9. The molecule has 232 valence electrons. The molecule has 2 atom stereocenters. The minimum Gasteiger partial charge on any atom is -0.347 e. The van der Waals surface area contributed by atoms with E-state index in [0.29, 0.717) is 6.54 Å². The normalized spacial score (nSPS) is 17.8. The minimum absolute atomic E-state index is 0.0375. The number of rotatable bonds is 7. The number of nitrogens with zero attached hydrogens (tertiary/aromatic N) is 6. The lowest BCUT2D eigenvalue weighted by Crippen LogP contribution is -2.36. The van der Waals surface area contributed by atoms with Crippen LogP contribution in [0.15, 0.2) is 91.2 Å². The van der Waals surface area contributed by atoms with Crippen molar-refractivity contribution in [3.63, 3.8) is 0 Å². The number of imidazole rings is 2. The molecule has 45 heavy (non-hydrogen) atoms. The van der Waals surface area contributed by atoms with E-state index in [1.165, 1.54) is 5.69 Å². The summed E-state index contributed by atoms with van der Waals surface area (Å²) in [7, 11) is 4.02. The molecule has 2 unspecified atom stereocenters. The smallest absolute Gasteiger partial charge is 0.170 e. The molecule has 0 amide bonds. The molecule has 1 N–H and O–H groups in total. The van der Waals surface area contributed by atoms with E-state index < -0.39 is 0 Å². The molecular formula is C36H41N7O2. The van der Waals surface area contributed by atoms with Crippen molar-refractivity contribution in [1.29, 1.82) is 0 Å². The molecule has 0 saturated carbocycles. The van der Waals surface area contributed by atoms with E-state index >= 15 is 0 Å². The van der Waals surface area contributed by atoms with Gasteiger partial charge in [-0.15, -0.1) is 0 Å². The van der Waals surface area contributed by atoms with Gasteiger partial charge in [-0.2, -0.15) is 0 Å². The second kappa shape index (κ2) is 13.0. The number of carbonyl (C=O) groups excluding carboxylic acids is 2. The van der Waals surface area contributed by atoms with Gasteiger partial charge >= 0.3 is 0 Å². The number of aromatic nitrogens is 5. The number of ketones is 2. The van der Waals surface area contributed by atoms with Gasteiger partial charge in [0.25, 0.3) is 0 Å². The number of anilines is 1. The van der Waals surface area contributed by atoms with Crippen LogP contribution in [-0.2, 0) is 31.4 Å². The van der Waals surface area contributed by atoms with Crippen LogP contribution < -0.4 is 10.4 Å². The Bertz CT molecular complexity index is 1850. The molecule has 0 spiro atoms. The Hall–Kier alpha value is -4.92. The summed E-state index contributed by atoms with van der Waals surface area (Å²) in [5, 5.41) is 3.04. The first kappa shape index (κ1) is 30.1. The molecule has 0 fully saturated rings. The summed E-state index contributed by atoms with van der Waals surface area (Å²) in [6.45, 7) is 5.39. The number of aryl methyl sites for hydroxylation is 3. The fraction of sp³-hybridized carbons (Fsp3) is 0.333. The number of benzene rings is 2. The molecule has 2 aromatic carbocycles. The van der Waals surface area contributed by atoms with E-state index in [0.717, 1.165) is 71.7 Å². The summed E-state index contributed by atoms with van der Waals surface area (Å²) >= 11 is 0. The highest BCUT2D eigenvalue weighted by molar-refractivity contribution is 6.11. The molecule has 0 aliphatic heterocycles. The second-order valence-electron chi connectivity index (χ2n) is 12.1. The van der Waals surface area contributed by atoms with Gasteiger partial charge in [0.05, 0.1) is 5.69 Å². The highest BCUT2D eigenvalue weighted by Gasteiger charge is 2.32. The molecule has 7 rings (SSSR count). The van der Waals surface area contributed by atoms with Gasteiger partial charge in [-0.05, 0) is 57.7 Å². The topological polar surface area (TPSA) is 90.0 Å². The summed E-state index contributed by atoms with van der Waals surface area (Å²) in [6, 6.07) is 18.3. The zero-order valence-electron chi connectivity index (χ0n) is 26.5. The maximum Gasteiger partial charge on any atom is 0.170 e. The highest BCUT2D eigenvalue weighted by atomic mass is 16.1. The Morgan fingerprint density at radius 2 is 1.47 bits per heavy atom. The SMILES string of the molecule is Cc1nccn1CC1CCC(NN(C)c2ccccc2)=CC1=O.Cc1nccn1CC1CCc2c(c3ccccc3n2C)C1=O. The minimum atomic E-state index is 0.0375. The van der Waals surface area contributed by atoms with Gasteiger partial charge in [0.2, 0.25) is 0 Å². The van der Waals surface area contributed by atoms with Crippen molar-refractivity contribution in [2.75, 3.05) is 12.1 Å². The molecule has 9 nitrogen and oxygen atoms in total. The fourth-order valence-corrected chi connectivity index (χ4v) is 6.54. The van der Waals surface area contributed by atoms with Crippen LogP contribution in [0.1, 0.15) is 47.0 Å². The number of Topliss-reactive ketones (excluding diaryl/α,β-unsaturated/α-hetero) is 1. The first-order chi connectivity index (χ1) is 21.8. The quantitative estimate of drug-likeness (QED) is 0.236. The van der Waals surface area contributed by atoms with E-state index in [1.807, 2.05) is 85.3 Å². The number of hydrogen-bond donors (Lipinski definition) is 1. The third-order valence-corrected chi connectivity index (χ3v) is 9.19. The van der Waals surface area contributed by atoms with E-state index in [4.69, 9.17) is 0 Å². The van der Waals surface area contributed by atoms with Gasteiger partial charge in [-0.1, -0.05) is 36.4 Å². The predicted molar refractivity (Wildman–Crippen MR) is 177 cm³/mol. The molecule has 5 aromatic rings. The molecule has 0 radical (unpaired) electrons. The van der Waals surface area contributed by atoms with Gasteiger partial charge in [-0.25, -0.2) is 9.97 Å². The first-order valence-electron chi connectivity index (χ1n) is 15.7. The first-order valence-corrected chi connectivity index (χ1v) is 15.7. The lowest BCUT2D eigenvalue weighted by atomic mass is 9.85. The number of para-hydroxylation sites is 2. The van der Waals surface area contributed by atoms with Gasteiger partial charge in [0.1, 0.15) is 11.6 Å². The summed E-state index contributed by atoms with van der Waals surface area (Å²) in [6.07, 6.45) is 12.8. The maximum absolute atomic E-state index is 13.0. The van der Waals surface area contributed by atoms with Crippen LogP contribution in [0, 0.1) is 25.7 Å². The maximum atomic E-state index is 13.0. The van der Waals surface area contributed by atoms with Crippen LogP contribution >= 0.6 is 0 Å². The van der Waals surface area contributed by atoms with Crippen LogP contribution in [0.25, 0.3) is 10.9 Å². The predicted octanol–water partition coefficient (Wildman–Crippen LogP) is 5.82. The zero-order chi connectivity index (χ0) is 31.5. The van der Waals surface area contributed by atoms with Crippen molar-refractivity contribution in [2.24, 2.45) is 18.9 Å². The number of allylic oxidation sites excluding steroid dienone is 2. The van der Waals surface area contributed by atoms with Crippen LogP contribution in [0.4, 0.5) is 5.69 Å². The summed E-state index contributed by atoms with van der Waals surface area (Å²) in [5.41, 5.74) is 8.62. The van der Waals surface area contributed by atoms with Crippen molar-refractivity contribution in [1.82, 2.24) is 29.1 Å². The van der Waals surface area contributed by atoms with Crippen LogP contribution in [0.3, 0.4) is 0 Å². The standard InChI is InChI=1S/C18H22N4O.C18H19N3O/c1-14-19-10-11-22(14)13-15-8-9-16(12-18(15)23)20-21(2)17-6-4-3-5-7-17;1-12-19-9-10-21(12)11-13-7-8-16-17(18(13)22)14-5-3-4-6-15(14)20(16)2/h3-7,10-12,15,20H,8-9,13H2,1-2H3;3-6,9-10,13H,7-8,11H2,1-2H3. The average Bonchev–Trinajstić information content (AvgIpc) is 3.74. The third-order valence-electron chi connectivity index (χ3n) is 9.19. The summed E-state index contributed by atoms with van der Waals surface area (Å²) in [5.74, 6) is 2.48. The lowest BCUT2D eigenvalue weighted by Gasteiger charge is -2.27. The fourth-order valence-electron chi connectivity index (χ4n) is 6.54. The van der Waals surface area contributed by atoms with Gasteiger partial charge in [0.15, 0.2) is 11.6 Å². The Labute approximate surface area is 264 Å². The number of nitrogens with one attached hydrogen (secondary N) is 1. The van der Waals surface area contributed by atoms with E-state index in [2.05, 4.69) is 43.7 Å². The number of fused-ring (bicyclic) bond motifs is 3. The number of hydrazine groups is 1. The Morgan fingerprint density at radius 1 is 0.844 bits per heavy atom. The highest BCUT2D eigenvalue weighted by Crippen LogP contribution is 2.34. The van der Waals surface area contributed by atoms with Crippen LogP contribution in [0.2, 0.25) is 0 Å². The van der Waals surface area contributed by atoms with Crippen molar-refractivity contribution in [2.45, 2.75) is 52.6 Å². The Morgan fingerprint density at radius 3 is 2.11 bits per heavy atom. The number of carbonyl (C=O) groups is 2. The Kier molecular flexibility index (Phi) is 8.69. The van der Waals surface area contributed by atoms with Gasteiger partial charge in [0, 0.05) is 97.7 Å². The lowest BCUT2D eigenvalue weighted by molar-refractivity contribution is -0.119. The monoisotopic (exact) mass is 603 g/mol. The largest absolute Gasteiger partial charge is 0.347 e. The van der Waals surface area contributed by atoms with E-state index in [-0.39, 0.29) is 23.4 Å². The molecule has 3 aromatic heterocycles. The summed E-state index contributed by atoms with van der Waals surface area (Å²) < 4.78 is 6.31. The van der Waals surface area contributed by atoms with Gasteiger partial charge in [-0.3, -0.25) is 14.6 Å². The van der Waals surface area contributed by atoms with Crippen LogP contribution in [-0.4, -0.2) is 42.3 Å². The molecular weight excluding hydrogens is 562 g/mol. The van der Waals surface area contributed by atoms with E-state index in [9.17, 15) is 9.59 Å². The molecule has 0 bridgehead atoms. The molecule has 0 saturated heterocycles. The average molecular weight is 604 g/mol.